The number of aliphatic hydroxyl groups is 1. The predicted octanol–water partition coefficient (Wildman–Crippen LogP) is 2.13. The van der Waals surface area contributed by atoms with E-state index in [1.165, 1.54) is 3.97 Å². The number of fused-ring (bicyclic) bond motifs is 1. The Bertz CT molecular complexity index is 1010. The average molecular weight is 371 g/mol. The summed E-state index contributed by atoms with van der Waals surface area (Å²) in [5.74, 6) is 0.378. The van der Waals surface area contributed by atoms with E-state index in [-0.39, 0.29) is 11.0 Å². The molecule has 1 aliphatic rings. The summed E-state index contributed by atoms with van der Waals surface area (Å²) < 4.78 is 27.7. The third-order valence-corrected chi connectivity index (χ3v) is 6.46. The molecule has 2 N–H and O–H groups in total. The third-order valence-electron chi connectivity index (χ3n) is 4.70. The van der Waals surface area contributed by atoms with E-state index in [9.17, 15) is 13.5 Å². The van der Waals surface area contributed by atoms with Gasteiger partial charge >= 0.3 is 0 Å². The molecule has 3 aromatic rings. The molecule has 4 rings (SSSR count). The predicted molar refractivity (Wildman–Crippen MR) is 99.2 cm³/mol. The lowest BCUT2D eigenvalue weighted by atomic mass is 10.2. The van der Waals surface area contributed by atoms with E-state index < -0.39 is 10.0 Å². The first-order valence-corrected chi connectivity index (χ1v) is 10.2. The monoisotopic (exact) mass is 371 g/mol. The lowest BCUT2D eigenvalue weighted by Gasteiger charge is -2.13. The van der Waals surface area contributed by atoms with Crippen molar-refractivity contribution in [3.63, 3.8) is 0 Å². The summed E-state index contributed by atoms with van der Waals surface area (Å²) in [7, 11) is -3.76. The van der Waals surface area contributed by atoms with Crippen molar-refractivity contribution < 1.29 is 13.5 Å². The highest BCUT2D eigenvalue weighted by Gasteiger charge is 2.29. The highest BCUT2D eigenvalue weighted by molar-refractivity contribution is 7.90. The van der Waals surface area contributed by atoms with Crippen molar-refractivity contribution in [1.29, 1.82) is 0 Å². The molecule has 1 aromatic carbocycles. The Labute approximate surface area is 152 Å². The second kappa shape index (κ2) is 6.83. The van der Waals surface area contributed by atoms with Crippen LogP contribution in [0, 0.1) is 5.92 Å². The average Bonchev–Trinajstić information content (AvgIpc) is 3.43. The minimum Gasteiger partial charge on any atom is -0.392 e. The summed E-state index contributed by atoms with van der Waals surface area (Å²) in [5, 5.41) is 14.0. The smallest absolute Gasteiger partial charge is 0.269 e. The van der Waals surface area contributed by atoms with Crippen LogP contribution in [-0.2, 0) is 16.6 Å². The molecule has 2 aromatic heterocycles. The lowest BCUT2D eigenvalue weighted by Crippen LogP contribution is -2.29. The minimum absolute atomic E-state index is 0.224. The molecule has 1 atom stereocenters. The molecule has 6 nitrogen and oxygen atoms in total. The van der Waals surface area contributed by atoms with Gasteiger partial charge in [-0.1, -0.05) is 18.2 Å². The van der Waals surface area contributed by atoms with Gasteiger partial charge in [-0.05, 0) is 49.1 Å². The van der Waals surface area contributed by atoms with Crippen LogP contribution in [-0.4, -0.2) is 35.1 Å². The number of benzene rings is 1. The molecule has 136 valence electrons. The zero-order valence-corrected chi connectivity index (χ0v) is 15.1. The summed E-state index contributed by atoms with van der Waals surface area (Å²) in [6.45, 7) is 0.789. The fourth-order valence-electron chi connectivity index (χ4n) is 3.15. The highest BCUT2D eigenvalue weighted by Crippen LogP contribution is 2.32. The molecule has 2 heterocycles. The molecular weight excluding hydrogens is 350 g/mol. The molecule has 0 amide bonds. The van der Waals surface area contributed by atoms with Crippen molar-refractivity contribution in [2.45, 2.75) is 30.4 Å². The van der Waals surface area contributed by atoms with Gasteiger partial charge in [-0.15, -0.1) is 0 Å². The largest absolute Gasteiger partial charge is 0.392 e. The van der Waals surface area contributed by atoms with Gasteiger partial charge in [0.2, 0.25) is 0 Å². The van der Waals surface area contributed by atoms with Crippen LogP contribution in [0.25, 0.3) is 11.0 Å². The van der Waals surface area contributed by atoms with Crippen molar-refractivity contribution in [3.05, 3.63) is 60.4 Å². The Morgan fingerprint density at radius 1 is 1.19 bits per heavy atom. The van der Waals surface area contributed by atoms with Crippen molar-refractivity contribution in [3.8, 4) is 0 Å². The number of hydrogen-bond acceptors (Lipinski definition) is 5. The van der Waals surface area contributed by atoms with Crippen molar-refractivity contribution in [1.82, 2.24) is 14.3 Å². The summed E-state index contributed by atoms with van der Waals surface area (Å²) in [6, 6.07) is 13.8. The van der Waals surface area contributed by atoms with Crippen LogP contribution in [0.4, 0.5) is 0 Å². The molecule has 0 saturated heterocycles. The van der Waals surface area contributed by atoms with Gasteiger partial charge in [-0.2, -0.15) is 0 Å². The molecule has 0 spiro atoms. The van der Waals surface area contributed by atoms with E-state index in [0.29, 0.717) is 30.3 Å². The minimum atomic E-state index is -3.76. The van der Waals surface area contributed by atoms with Gasteiger partial charge in [0, 0.05) is 24.7 Å². The normalized spacial score (nSPS) is 16.0. The first-order chi connectivity index (χ1) is 12.6. The van der Waals surface area contributed by atoms with Gasteiger partial charge in [-0.25, -0.2) is 17.4 Å². The maximum absolute atomic E-state index is 13.2. The Morgan fingerprint density at radius 2 is 1.96 bits per heavy atom. The Kier molecular flexibility index (Phi) is 4.52. The first-order valence-electron chi connectivity index (χ1n) is 8.72. The summed E-state index contributed by atoms with van der Waals surface area (Å²) in [6.07, 6.45) is 3.34. The topological polar surface area (TPSA) is 84.2 Å². The third kappa shape index (κ3) is 3.25. The first kappa shape index (κ1) is 17.2. The number of aliphatic hydroxyl groups excluding tert-OH is 1. The molecule has 1 fully saturated rings. The lowest BCUT2D eigenvalue weighted by molar-refractivity contribution is 0.148. The van der Waals surface area contributed by atoms with Crippen molar-refractivity contribution >= 4 is 21.1 Å². The molecule has 7 heteroatoms. The molecule has 0 aliphatic heterocycles. The Hall–Kier alpha value is -2.22. The quantitative estimate of drug-likeness (QED) is 0.665. The molecule has 0 unspecified atom stereocenters. The van der Waals surface area contributed by atoms with Crippen LogP contribution in [0.1, 0.15) is 18.5 Å². The maximum Gasteiger partial charge on any atom is 0.269 e. The number of nitrogens with zero attached hydrogens (tertiary/aromatic N) is 2. The van der Waals surface area contributed by atoms with Crippen molar-refractivity contribution in [2.75, 3.05) is 6.54 Å². The number of hydrogen-bond donors (Lipinski definition) is 2. The fraction of sp³-hybridized carbons (Fsp3) is 0.316. The Balaban J connectivity index is 1.70. The number of nitrogens with one attached hydrogen (secondary N) is 1. The molecule has 1 saturated carbocycles. The van der Waals surface area contributed by atoms with Crippen molar-refractivity contribution in [2.24, 2.45) is 5.92 Å². The van der Waals surface area contributed by atoms with Gasteiger partial charge in [0.05, 0.1) is 16.7 Å². The van der Waals surface area contributed by atoms with E-state index in [1.54, 1.807) is 42.6 Å². The molecule has 1 aliphatic carbocycles. The van der Waals surface area contributed by atoms with E-state index in [1.807, 2.05) is 12.1 Å². The van der Waals surface area contributed by atoms with E-state index in [4.69, 9.17) is 0 Å². The molecule has 0 bridgehead atoms. The van der Waals surface area contributed by atoms with E-state index >= 15 is 0 Å². The van der Waals surface area contributed by atoms with Crippen LogP contribution >= 0.6 is 0 Å². The number of aromatic nitrogens is 2. The molecule has 0 radical (unpaired) electrons. The maximum atomic E-state index is 13.2. The van der Waals surface area contributed by atoms with E-state index in [0.717, 1.165) is 18.2 Å². The van der Waals surface area contributed by atoms with Crippen LogP contribution in [0.3, 0.4) is 0 Å². The Morgan fingerprint density at radius 3 is 2.69 bits per heavy atom. The van der Waals surface area contributed by atoms with Crippen LogP contribution in [0.2, 0.25) is 0 Å². The van der Waals surface area contributed by atoms with Crippen LogP contribution < -0.4 is 5.32 Å². The zero-order valence-electron chi connectivity index (χ0n) is 14.2. The number of rotatable bonds is 7. The van der Waals surface area contributed by atoms with Gasteiger partial charge in [0.15, 0.2) is 5.65 Å². The summed E-state index contributed by atoms with van der Waals surface area (Å²) >= 11 is 0. The van der Waals surface area contributed by atoms with Gasteiger partial charge < -0.3 is 10.4 Å². The summed E-state index contributed by atoms with van der Waals surface area (Å²) in [5.41, 5.74) is 1.02. The van der Waals surface area contributed by atoms with Gasteiger partial charge in [-0.3, -0.25) is 0 Å². The highest BCUT2D eigenvalue weighted by atomic mass is 32.2. The van der Waals surface area contributed by atoms with Crippen LogP contribution in [0.5, 0.6) is 0 Å². The van der Waals surface area contributed by atoms with Crippen LogP contribution in [0.15, 0.2) is 59.6 Å². The molecule has 26 heavy (non-hydrogen) atoms. The SMILES string of the molecule is O=S(=O)(c1ccccc1)n1c(CNC[C@H](O)C2CC2)cc2cccnc21. The van der Waals surface area contributed by atoms with Gasteiger partial charge in [0.1, 0.15) is 0 Å². The second-order valence-electron chi connectivity index (χ2n) is 6.67. The number of pyridine rings is 1. The fourth-order valence-corrected chi connectivity index (χ4v) is 4.67. The second-order valence-corrected chi connectivity index (χ2v) is 8.46. The van der Waals surface area contributed by atoms with E-state index in [2.05, 4.69) is 10.3 Å². The summed E-state index contributed by atoms with van der Waals surface area (Å²) in [4.78, 5) is 4.51. The zero-order chi connectivity index (χ0) is 18.1. The van der Waals surface area contributed by atoms with Gasteiger partial charge in [0.25, 0.3) is 10.0 Å². The standard InChI is InChI=1S/C19H21N3O3S/c23-18(14-8-9-14)13-20-12-16-11-15-5-4-10-21-19(15)22(16)26(24,25)17-6-2-1-3-7-17/h1-7,10-11,14,18,20,23H,8-9,12-13H2/t18-/m0/s1. The molecular formula is C19H21N3O3S.